The lowest BCUT2D eigenvalue weighted by Crippen LogP contribution is -2.23. The first-order valence-corrected chi connectivity index (χ1v) is 11.9. The summed E-state index contributed by atoms with van der Waals surface area (Å²) in [7, 11) is 0. The SMILES string of the molecule is C=C(/C=c1/c(-c2cc3c(-c4ccc(C)s4)cccc3[nH]2)n[nH]/c1=C/C)c1cncc(CC)c1. The first-order valence-electron chi connectivity index (χ1n) is 11.1. The Morgan fingerprint density at radius 3 is 2.79 bits per heavy atom. The number of fused-ring (bicyclic) bond motifs is 1. The zero-order valence-corrected chi connectivity index (χ0v) is 19.9. The lowest BCUT2D eigenvalue weighted by atomic mass is 10.0. The van der Waals surface area contributed by atoms with Crippen molar-refractivity contribution in [3.05, 3.63) is 88.0 Å². The van der Waals surface area contributed by atoms with Crippen LogP contribution in [0.3, 0.4) is 0 Å². The highest BCUT2D eigenvalue weighted by molar-refractivity contribution is 7.15. The predicted octanol–water partition coefficient (Wildman–Crippen LogP) is 5.85. The quantitative estimate of drug-likeness (QED) is 0.353. The van der Waals surface area contributed by atoms with E-state index in [0.29, 0.717) is 0 Å². The summed E-state index contributed by atoms with van der Waals surface area (Å²) < 4.78 is 0. The molecule has 33 heavy (non-hydrogen) atoms. The highest BCUT2D eigenvalue weighted by atomic mass is 32.1. The van der Waals surface area contributed by atoms with E-state index in [-0.39, 0.29) is 0 Å². The minimum absolute atomic E-state index is 0.883. The molecule has 0 radical (unpaired) electrons. The van der Waals surface area contributed by atoms with Crippen molar-refractivity contribution in [2.24, 2.45) is 0 Å². The number of aryl methyl sites for hydroxylation is 2. The monoisotopic (exact) mass is 450 g/mol. The molecule has 5 aromatic rings. The number of hydrogen-bond donors (Lipinski definition) is 2. The number of rotatable bonds is 5. The van der Waals surface area contributed by atoms with Gasteiger partial charge >= 0.3 is 0 Å². The van der Waals surface area contributed by atoms with Gasteiger partial charge in [0.25, 0.3) is 0 Å². The van der Waals surface area contributed by atoms with E-state index < -0.39 is 0 Å². The molecule has 0 aliphatic rings. The lowest BCUT2D eigenvalue weighted by Gasteiger charge is -2.02. The maximum Gasteiger partial charge on any atom is 0.116 e. The number of hydrogen-bond acceptors (Lipinski definition) is 3. The Hall–Kier alpha value is -3.70. The van der Waals surface area contributed by atoms with E-state index in [4.69, 9.17) is 0 Å². The smallest absolute Gasteiger partial charge is 0.116 e. The van der Waals surface area contributed by atoms with Crippen LogP contribution in [0.15, 0.2) is 61.4 Å². The van der Waals surface area contributed by atoms with E-state index in [1.54, 1.807) is 0 Å². The number of H-pyrrole nitrogens is 2. The van der Waals surface area contributed by atoms with Crippen LogP contribution in [-0.4, -0.2) is 20.2 Å². The summed E-state index contributed by atoms with van der Waals surface area (Å²) >= 11 is 1.82. The molecule has 0 saturated carbocycles. The number of pyridine rings is 1. The summed E-state index contributed by atoms with van der Waals surface area (Å²) in [5.41, 5.74) is 7.34. The number of aromatic amines is 2. The normalized spacial score (nSPS) is 12.7. The minimum Gasteiger partial charge on any atom is -0.353 e. The summed E-state index contributed by atoms with van der Waals surface area (Å²) in [5.74, 6) is 0. The van der Waals surface area contributed by atoms with Gasteiger partial charge in [-0.1, -0.05) is 31.7 Å². The Morgan fingerprint density at radius 2 is 2.03 bits per heavy atom. The van der Waals surface area contributed by atoms with Crippen molar-refractivity contribution in [1.29, 1.82) is 0 Å². The van der Waals surface area contributed by atoms with Crippen LogP contribution in [0, 0.1) is 6.92 Å². The second-order valence-electron chi connectivity index (χ2n) is 8.15. The summed E-state index contributed by atoms with van der Waals surface area (Å²) in [5, 5.41) is 11.0. The van der Waals surface area contributed by atoms with Crippen LogP contribution in [0.1, 0.15) is 29.9 Å². The van der Waals surface area contributed by atoms with E-state index in [1.165, 1.54) is 26.3 Å². The topological polar surface area (TPSA) is 57.4 Å². The molecular weight excluding hydrogens is 424 g/mol. The lowest BCUT2D eigenvalue weighted by molar-refractivity contribution is 1.06. The molecule has 0 amide bonds. The summed E-state index contributed by atoms with van der Waals surface area (Å²) in [4.78, 5) is 10.6. The van der Waals surface area contributed by atoms with Crippen LogP contribution < -0.4 is 10.6 Å². The van der Waals surface area contributed by atoms with Crippen molar-refractivity contribution in [1.82, 2.24) is 20.2 Å². The molecule has 164 valence electrons. The number of benzene rings is 1. The Morgan fingerprint density at radius 1 is 1.15 bits per heavy atom. The highest BCUT2D eigenvalue weighted by Gasteiger charge is 2.13. The van der Waals surface area contributed by atoms with E-state index in [0.717, 1.165) is 45.0 Å². The van der Waals surface area contributed by atoms with E-state index in [2.05, 4.69) is 89.1 Å². The molecule has 0 fully saturated rings. The molecule has 0 unspecified atom stereocenters. The van der Waals surface area contributed by atoms with Crippen molar-refractivity contribution < 1.29 is 0 Å². The van der Waals surface area contributed by atoms with Gasteiger partial charge in [-0.3, -0.25) is 10.1 Å². The molecule has 1 aromatic carbocycles. The fourth-order valence-corrected chi connectivity index (χ4v) is 5.03. The summed E-state index contributed by atoms with van der Waals surface area (Å²) in [6.07, 6.45) is 8.85. The van der Waals surface area contributed by atoms with Crippen molar-refractivity contribution in [2.45, 2.75) is 27.2 Å². The van der Waals surface area contributed by atoms with Crippen LogP contribution >= 0.6 is 11.3 Å². The van der Waals surface area contributed by atoms with Gasteiger partial charge < -0.3 is 4.98 Å². The third kappa shape index (κ3) is 3.96. The van der Waals surface area contributed by atoms with Crippen LogP contribution in [0.4, 0.5) is 0 Å². The van der Waals surface area contributed by atoms with Crippen LogP contribution in [0.25, 0.3) is 50.5 Å². The molecule has 0 aliphatic heterocycles. The molecule has 0 saturated heterocycles. The van der Waals surface area contributed by atoms with Crippen molar-refractivity contribution in [3.63, 3.8) is 0 Å². The number of allylic oxidation sites excluding steroid dienone is 1. The van der Waals surface area contributed by atoms with Gasteiger partial charge in [0.1, 0.15) is 5.69 Å². The molecular formula is C28H26N4S. The molecule has 5 rings (SSSR count). The van der Waals surface area contributed by atoms with Gasteiger partial charge in [-0.15, -0.1) is 11.3 Å². The number of thiophene rings is 1. The molecule has 5 heteroatoms. The van der Waals surface area contributed by atoms with Gasteiger partial charge in [0.05, 0.1) is 11.0 Å². The van der Waals surface area contributed by atoms with Gasteiger partial charge in [0, 0.05) is 43.8 Å². The Labute approximate surface area is 197 Å². The number of aromatic nitrogens is 4. The molecule has 0 atom stereocenters. The fraction of sp³-hybridized carbons (Fsp3) is 0.143. The van der Waals surface area contributed by atoms with Gasteiger partial charge in [0.15, 0.2) is 0 Å². The summed E-state index contributed by atoms with van der Waals surface area (Å²) in [6, 6.07) is 15.1. The zero-order chi connectivity index (χ0) is 22.9. The van der Waals surface area contributed by atoms with Crippen LogP contribution in [0.2, 0.25) is 0 Å². The van der Waals surface area contributed by atoms with Gasteiger partial charge in [0.2, 0.25) is 0 Å². The average molecular weight is 451 g/mol. The third-order valence-corrected chi connectivity index (χ3v) is 6.97. The first kappa shape index (κ1) is 21.2. The Bertz CT molecular complexity index is 1600. The second-order valence-corrected chi connectivity index (χ2v) is 9.44. The highest BCUT2D eigenvalue weighted by Crippen LogP contribution is 2.35. The minimum atomic E-state index is 0.883. The van der Waals surface area contributed by atoms with Crippen molar-refractivity contribution >= 4 is 40.0 Å². The Balaban J connectivity index is 1.65. The van der Waals surface area contributed by atoms with Crippen molar-refractivity contribution in [3.8, 4) is 21.8 Å². The van der Waals surface area contributed by atoms with Crippen molar-refractivity contribution in [2.75, 3.05) is 0 Å². The van der Waals surface area contributed by atoms with Crippen LogP contribution in [0.5, 0.6) is 0 Å². The molecule has 4 heterocycles. The van der Waals surface area contributed by atoms with Crippen LogP contribution in [-0.2, 0) is 6.42 Å². The van der Waals surface area contributed by atoms with E-state index >= 15 is 0 Å². The number of nitrogens with one attached hydrogen (secondary N) is 2. The van der Waals surface area contributed by atoms with Gasteiger partial charge in [-0.25, -0.2) is 0 Å². The third-order valence-electron chi connectivity index (χ3n) is 5.94. The predicted molar refractivity (Wildman–Crippen MR) is 140 cm³/mol. The zero-order valence-electron chi connectivity index (χ0n) is 19.1. The van der Waals surface area contributed by atoms with E-state index in [1.807, 2.05) is 36.7 Å². The summed E-state index contributed by atoms with van der Waals surface area (Å²) in [6.45, 7) is 10.6. The molecule has 0 spiro atoms. The number of nitrogens with zero attached hydrogens (tertiary/aromatic N) is 2. The van der Waals surface area contributed by atoms with E-state index in [9.17, 15) is 0 Å². The maximum absolute atomic E-state index is 4.67. The second kappa shape index (κ2) is 8.68. The average Bonchev–Trinajstić information content (AvgIpc) is 3.56. The molecule has 4 nitrogen and oxygen atoms in total. The van der Waals surface area contributed by atoms with Gasteiger partial charge in [-0.05, 0) is 73.4 Å². The Kier molecular flexibility index (Phi) is 5.56. The van der Waals surface area contributed by atoms with Gasteiger partial charge in [-0.2, -0.15) is 5.10 Å². The standard InChI is InChI=1S/C28H26N4S/c1-5-19-13-20(16-29-15-19)17(3)12-23-24(6-2)31-32-28(23)26-14-22-21(8-7-9-25(22)30-26)27-11-10-18(4)33-27/h6-16,30-31H,3,5H2,1-2,4H3/b23-12+,24-6+. The fourth-order valence-electron chi connectivity index (χ4n) is 4.13. The largest absolute Gasteiger partial charge is 0.353 e. The maximum atomic E-state index is 4.67. The molecule has 0 bridgehead atoms. The molecule has 4 aromatic heterocycles. The molecule has 0 aliphatic carbocycles. The first-order chi connectivity index (χ1) is 16.1. The molecule has 2 N–H and O–H groups in total.